The Labute approximate surface area is 122 Å². The number of methoxy groups -OCH3 is 1. The Morgan fingerprint density at radius 3 is 2.55 bits per heavy atom. The monoisotopic (exact) mass is 297 g/mol. The lowest BCUT2D eigenvalue weighted by Gasteiger charge is -2.06. The van der Waals surface area contributed by atoms with Crippen molar-refractivity contribution in [1.82, 2.24) is 0 Å². The Morgan fingerprint density at radius 2 is 1.95 bits per heavy atom. The number of carboxylic acids is 1. The van der Waals surface area contributed by atoms with Gasteiger partial charge >= 0.3 is 5.97 Å². The maximum Gasteiger partial charge on any atom is 0.303 e. The third kappa shape index (κ3) is 7.04. The molecule has 110 valence electrons. The van der Waals surface area contributed by atoms with Crippen LogP contribution >= 0.6 is 11.8 Å². The van der Waals surface area contributed by atoms with Crippen LogP contribution in [0.2, 0.25) is 0 Å². The fourth-order valence-electron chi connectivity index (χ4n) is 1.52. The molecule has 0 aromatic heterocycles. The number of hydrogen-bond acceptors (Lipinski definition) is 4. The molecule has 0 atom stereocenters. The zero-order chi connectivity index (χ0) is 14.8. The molecule has 1 aromatic carbocycles. The number of carboxylic acid groups (broad SMARTS) is 1. The Morgan fingerprint density at radius 1 is 1.25 bits per heavy atom. The highest BCUT2D eigenvalue weighted by Crippen LogP contribution is 2.15. The van der Waals surface area contributed by atoms with E-state index in [2.05, 4.69) is 5.32 Å². The topological polar surface area (TPSA) is 75.6 Å². The van der Waals surface area contributed by atoms with Crippen LogP contribution < -0.4 is 10.1 Å². The first-order valence-corrected chi connectivity index (χ1v) is 7.50. The number of amides is 1. The van der Waals surface area contributed by atoms with Crippen molar-refractivity contribution in [3.8, 4) is 5.75 Å². The minimum Gasteiger partial charge on any atom is -0.497 e. The zero-order valence-electron chi connectivity index (χ0n) is 11.4. The summed E-state index contributed by atoms with van der Waals surface area (Å²) in [4.78, 5) is 22.0. The van der Waals surface area contributed by atoms with Gasteiger partial charge in [0.2, 0.25) is 5.91 Å². The van der Waals surface area contributed by atoms with Gasteiger partial charge in [0.25, 0.3) is 0 Å². The molecule has 0 unspecified atom stereocenters. The minimum atomic E-state index is -0.771. The van der Waals surface area contributed by atoms with Gasteiger partial charge in [0.05, 0.1) is 12.9 Å². The molecule has 0 aliphatic rings. The Hall–Kier alpha value is -1.69. The third-order valence-electron chi connectivity index (χ3n) is 2.54. The third-order valence-corrected chi connectivity index (χ3v) is 3.58. The highest BCUT2D eigenvalue weighted by atomic mass is 32.2. The van der Waals surface area contributed by atoms with Crippen LogP contribution in [0.1, 0.15) is 19.3 Å². The molecular formula is C14H19NO4S. The Balaban J connectivity index is 2.15. The maximum absolute atomic E-state index is 11.7. The van der Waals surface area contributed by atoms with Crippen LogP contribution in [0.4, 0.5) is 5.69 Å². The van der Waals surface area contributed by atoms with Crippen molar-refractivity contribution in [2.45, 2.75) is 19.3 Å². The Kier molecular flexibility index (Phi) is 7.57. The molecule has 0 heterocycles. The minimum absolute atomic E-state index is 0.0570. The lowest BCUT2D eigenvalue weighted by molar-refractivity contribution is -0.137. The predicted molar refractivity (Wildman–Crippen MR) is 80.4 cm³/mol. The second-order valence-corrected chi connectivity index (χ2v) is 5.29. The second-order valence-electron chi connectivity index (χ2n) is 4.18. The van der Waals surface area contributed by atoms with Gasteiger partial charge in [-0.2, -0.15) is 11.8 Å². The SMILES string of the molecule is COc1ccc(NC(=O)CSCCCCC(=O)O)cc1. The summed E-state index contributed by atoms with van der Waals surface area (Å²) in [6, 6.07) is 7.14. The van der Waals surface area contributed by atoms with Crippen molar-refractivity contribution in [1.29, 1.82) is 0 Å². The number of thioether (sulfide) groups is 1. The van der Waals surface area contributed by atoms with Gasteiger partial charge in [-0.1, -0.05) is 0 Å². The van der Waals surface area contributed by atoms with Gasteiger partial charge < -0.3 is 15.2 Å². The first kappa shape index (κ1) is 16.4. The van der Waals surface area contributed by atoms with Crippen molar-refractivity contribution in [2.75, 3.05) is 23.9 Å². The van der Waals surface area contributed by atoms with E-state index in [4.69, 9.17) is 9.84 Å². The molecule has 0 spiro atoms. The molecule has 5 nitrogen and oxygen atoms in total. The van der Waals surface area contributed by atoms with Crippen molar-refractivity contribution in [2.24, 2.45) is 0 Å². The van der Waals surface area contributed by atoms with Crippen LogP contribution in [-0.4, -0.2) is 35.6 Å². The van der Waals surface area contributed by atoms with Gasteiger partial charge in [-0.3, -0.25) is 9.59 Å². The van der Waals surface area contributed by atoms with Crippen LogP contribution in [0.25, 0.3) is 0 Å². The number of aliphatic carboxylic acids is 1. The first-order chi connectivity index (χ1) is 9.61. The molecule has 1 amide bonds. The summed E-state index contributed by atoms with van der Waals surface area (Å²) >= 11 is 1.51. The number of unbranched alkanes of at least 4 members (excludes halogenated alkanes) is 1. The van der Waals surface area contributed by atoms with Gasteiger partial charge in [0, 0.05) is 12.1 Å². The van der Waals surface area contributed by atoms with E-state index < -0.39 is 5.97 Å². The quantitative estimate of drug-likeness (QED) is 0.685. The molecule has 0 aliphatic carbocycles. The van der Waals surface area contributed by atoms with Crippen LogP contribution in [-0.2, 0) is 9.59 Å². The van der Waals surface area contributed by atoms with Gasteiger partial charge in [0.15, 0.2) is 0 Å². The summed E-state index contributed by atoms with van der Waals surface area (Å²) in [5, 5.41) is 11.3. The number of rotatable bonds is 9. The van der Waals surface area contributed by atoms with Crippen LogP contribution in [0, 0.1) is 0 Å². The number of carbonyl (C=O) groups is 2. The van der Waals surface area contributed by atoms with E-state index in [1.54, 1.807) is 31.4 Å². The summed E-state index contributed by atoms with van der Waals surface area (Å²) in [5.74, 6) is 1.09. The van der Waals surface area contributed by atoms with E-state index >= 15 is 0 Å². The molecule has 2 N–H and O–H groups in total. The highest BCUT2D eigenvalue weighted by Gasteiger charge is 2.03. The van der Waals surface area contributed by atoms with Crippen molar-refractivity contribution in [3.05, 3.63) is 24.3 Å². The summed E-state index contributed by atoms with van der Waals surface area (Å²) in [6.07, 6.45) is 1.66. The molecule has 0 fully saturated rings. The van der Waals surface area contributed by atoms with Gasteiger partial charge in [-0.15, -0.1) is 0 Å². The Bertz CT molecular complexity index is 433. The number of nitrogens with one attached hydrogen (secondary N) is 1. The lowest BCUT2D eigenvalue weighted by Crippen LogP contribution is -2.14. The average Bonchev–Trinajstić information content (AvgIpc) is 2.43. The van der Waals surface area contributed by atoms with E-state index in [0.29, 0.717) is 12.2 Å². The van der Waals surface area contributed by atoms with E-state index in [9.17, 15) is 9.59 Å². The molecule has 0 saturated heterocycles. The van der Waals surface area contributed by atoms with E-state index in [-0.39, 0.29) is 12.3 Å². The largest absolute Gasteiger partial charge is 0.497 e. The molecule has 0 bridgehead atoms. The van der Waals surface area contributed by atoms with Gasteiger partial charge in [0.1, 0.15) is 5.75 Å². The molecule has 0 saturated carbocycles. The number of benzene rings is 1. The average molecular weight is 297 g/mol. The van der Waals surface area contributed by atoms with Crippen LogP contribution in [0.3, 0.4) is 0 Å². The summed E-state index contributed by atoms with van der Waals surface area (Å²) in [5.41, 5.74) is 0.738. The van der Waals surface area contributed by atoms with Gasteiger partial charge in [-0.05, 0) is 42.9 Å². The first-order valence-electron chi connectivity index (χ1n) is 6.35. The van der Waals surface area contributed by atoms with Crippen molar-refractivity contribution >= 4 is 29.3 Å². The molecule has 0 aliphatic heterocycles. The summed E-state index contributed by atoms with van der Waals surface area (Å²) in [6.45, 7) is 0. The standard InChI is InChI=1S/C14H19NO4S/c1-19-12-7-5-11(6-8-12)15-13(16)10-20-9-3-2-4-14(17)18/h5-8H,2-4,9-10H2,1H3,(H,15,16)(H,17,18). The van der Waals surface area contributed by atoms with Gasteiger partial charge in [-0.25, -0.2) is 0 Å². The van der Waals surface area contributed by atoms with E-state index in [0.717, 1.165) is 23.6 Å². The summed E-state index contributed by atoms with van der Waals surface area (Å²) < 4.78 is 5.03. The molecule has 0 radical (unpaired) electrons. The molecule has 1 aromatic rings. The molecule has 1 rings (SSSR count). The van der Waals surface area contributed by atoms with Crippen molar-refractivity contribution < 1.29 is 19.4 Å². The predicted octanol–water partition coefficient (Wildman–Crippen LogP) is 2.62. The molecular weight excluding hydrogens is 278 g/mol. The van der Waals surface area contributed by atoms with Crippen LogP contribution in [0.5, 0.6) is 5.75 Å². The van der Waals surface area contributed by atoms with E-state index in [1.165, 1.54) is 11.8 Å². The zero-order valence-corrected chi connectivity index (χ0v) is 12.2. The number of ether oxygens (including phenoxy) is 1. The van der Waals surface area contributed by atoms with E-state index in [1.807, 2.05) is 0 Å². The number of carbonyl (C=O) groups excluding carboxylic acids is 1. The van der Waals surface area contributed by atoms with Crippen molar-refractivity contribution in [3.63, 3.8) is 0 Å². The normalized spacial score (nSPS) is 10.1. The lowest BCUT2D eigenvalue weighted by atomic mass is 10.3. The smallest absolute Gasteiger partial charge is 0.303 e. The molecule has 20 heavy (non-hydrogen) atoms. The highest BCUT2D eigenvalue weighted by molar-refractivity contribution is 7.99. The number of anilines is 1. The number of hydrogen-bond donors (Lipinski definition) is 2. The fraction of sp³-hybridized carbons (Fsp3) is 0.429. The van der Waals surface area contributed by atoms with Crippen LogP contribution in [0.15, 0.2) is 24.3 Å². The second kappa shape index (κ2) is 9.25. The fourth-order valence-corrected chi connectivity index (χ4v) is 2.33. The molecule has 6 heteroatoms. The maximum atomic E-state index is 11.7. The summed E-state index contributed by atoms with van der Waals surface area (Å²) in [7, 11) is 1.59.